The topological polar surface area (TPSA) is 75.7 Å². The van der Waals surface area contributed by atoms with Gasteiger partial charge >= 0.3 is 0 Å². The molecule has 1 N–H and O–H groups in total. The van der Waals surface area contributed by atoms with Crippen LogP contribution in [0.15, 0.2) is 29.2 Å². The van der Waals surface area contributed by atoms with Crippen molar-refractivity contribution in [1.82, 2.24) is 9.62 Å². The van der Waals surface area contributed by atoms with E-state index in [0.717, 1.165) is 0 Å². The lowest BCUT2D eigenvalue weighted by Crippen LogP contribution is -2.44. The molecule has 2 atom stereocenters. The standard InChI is InChI=1S/C16H24N2O4S/c1-4-12(2)17-23(20,21)15-7-5-14(6-8-15)16(19)18-9-10-22-13(3)11-18/h5-8,12-13,17H,4,9-11H2,1-3H3/t12-,13-/m0/s1. The second-order valence-electron chi connectivity index (χ2n) is 5.89. The van der Waals surface area contributed by atoms with Crippen LogP contribution in [0.3, 0.4) is 0 Å². The van der Waals surface area contributed by atoms with Crippen molar-refractivity contribution in [2.24, 2.45) is 0 Å². The predicted molar refractivity (Wildman–Crippen MR) is 87.8 cm³/mol. The number of hydrogen-bond donors (Lipinski definition) is 1. The second-order valence-corrected chi connectivity index (χ2v) is 7.60. The number of carbonyl (C=O) groups is 1. The molecule has 1 fully saturated rings. The van der Waals surface area contributed by atoms with Gasteiger partial charge in [0.25, 0.3) is 5.91 Å². The van der Waals surface area contributed by atoms with Crippen LogP contribution in [0, 0.1) is 0 Å². The third-order valence-corrected chi connectivity index (χ3v) is 5.51. The molecular formula is C16H24N2O4S. The molecule has 1 heterocycles. The molecule has 7 heteroatoms. The molecule has 1 saturated heterocycles. The van der Waals surface area contributed by atoms with Crippen molar-refractivity contribution < 1.29 is 17.9 Å². The number of morpholine rings is 1. The highest BCUT2D eigenvalue weighted by molar-refractivity contribution is 7.89. The Balaban J connectivity index is 2.11. The van der Waals surface area contributed by atoms with Crippen LogP contribution in [0.1, 0.15) is 37.6 Å². The molecule has 0 unspecified atom stereocenters. The maximum atomic E-state index is 12.4. The van der Waals surface area contributed by atoms with Crippen LogP contribution in [0.4, 0.5) is 0 Å². The van der Waals surface area contributed by atoms with E-state index in [4.69, 9.17) is 4.74 Å². The van der Waals surface area contributed by atoms with Gasteiger partial charge in [-0.15, -0.1) is 0 Å². The molecule has 1 amide bonds. The Labute approximate surface area is 137 Å². The monoisotopic (exact) mass is 340 g/mol. The number of carbonyl (C=O) groups excluding carboxylic acids is 1. The summed E-state index contributed by atoms with van der Waals surface area (Å²) >= 11 is 0. The van der Waals surface area contributed by atoms with Gasteiger partial charge in [-0.25, -0.2) is 13.1 Å². The largest absolute Gasteiger partial charge is 0.375 e. The van der Waals surface area contributed by atoms with Crippen molar-refractivity contribution in [3.8, 4) is 0 Å². The van der Waals surface area contributed by atoms with E-state index in [1.807, 2.05) is 20.8 Å². The summed E-state index contributed by atoms with van der Waals surface area (Å²) in [7, 11) is -3.54. The van der Waals surface area contributed by atoms with Crippen LogP contribution in [0.5, 0.6) is 0 Å². The zero-order valence-electron chi connectivity index (χ0n) is 13.8. The Morgan fingerprint density at radius 3 is 2.61 bits per heavy atom. The molecule has 0 radical (unpaired) electrons. The molecule has 0 aliphatic carbocycles. The van der Waals surface area contributed by atoms with Crippen LogP contribution in [0.2, 0.25) is 0 Å². The van der Waals surface area contributed by atoms with Crippen molar-refractivity contribution in [1.29, 1.82) is 0 Å². The SMILES string of the molecule is CC[C@H](C)NS(=O)(=O)c1ccc(C(=O)N2CCO[C@@H](C)C2)cc1. The lowest BCUT2D eigenvalue weighted by Gasteiger charge is -2.31. The second kappa shape index (κ2) is 7.42. The third-order valence-electron chi connectivity index (χ3n) is 3.91. The number of amides is 1. The van der Waals surface area contributed by atoms with Gasteiger partial charge in [0, 0.05) is 24.7 Å². The fourth-order valence-corrected chi connectivity index (χ4v) is 3.71. The number of benzene rings is 1. The first-order valence-electron chi connectivity index (χ1n) is 7.86. The van der Waals surface area contributed by atoms with Gasteiger partial charge < -0.3 is 9.64 Å². The number of hydrogen-bond acceptors (Lipinski definition) is 4. The van der Waals surface area contributed by atoms with Crippen LogP contribution < -0.4 is 4.72 Å². The molecule has 0 bridgehead atoms. The minimum Gasteiger partial charge on any atom is -0.375 e. The summed E-state index contributed by atoms with van der Waals surface area (Å²) in [6.07, 6.45) is 0.734. The van der Waals surface area contributed by atoms with Crippen molar-refractivity contribution in [2.75, 3.05) is 19.7 Å². The van der Waals surface area contributed by atoms with Crippen molar-refractivity contribution in [2.45, 2.75) is 44.2 Å². The molecule has 1 aromatic carbocycles. The average molecular weight is 340 g/mol. The Bertz CT molecular complexity index is 643. The molecule has 2 rings (SSSR count). The lowest BCUT2D eigenvalue weighted by atomic mass is 10.2. The van der Waals surface area contributed by atoms with E-state index >= 15 is 0 Å². The Hall–Kier alpha value is -1.44. The molecule has 6 nitrogen and oxygen atoms in total. The van der Waals surface area contributed by atoms with Gasteiger partial charge in [0.05, 0.1) is 17.6 Å². The van der Waals surface area contributed by atoms with Crippen LogP contribution in [0.25, 0.3) is 0 Å². The zero-order valence-corrected chi connectivity index (χ0v) is 14.6. The first kappa shape index (κ1) is 17.9. The molecule has 1 aromatic rings. The maximum Gasteiger partial charge on any atom is 0.254 e. The van der Waals surface area contributed by atoms with Crippen LogP contribution in [-0.2, 0) is 14.8 Å². The summed E-state index contributed by atoms with van der Waals surface area (Å²) in [5, 5.41) is 0. The first-order chi connectivity index (χ1) is 10.8. The Morgan fingerprint density at radius 1 is 1.39 bits per heavy atom. The van der Waals surface area contributed by atoms with E-state index in [2.05, 4.69) is 4.72 Å². The number of ether oxygens (including phenoxy) is 1. The molecule has 1 aliphatic heterocycles. The Kier molecular flexibility index (Phi) is 5.78. The van der Waals surface area contributed by atoms with E-state index in [0.29, 0.717) is 31.7 Å². The van der Waals surface area contributed by atoms with Crippen molar-refractivity contribution in [3.63, 3.8) is 0 Å². The normalized spacial score (nSPS) is 20.3. The van der Waals surface area contributed by atoms with Crippen LogP contribution >= 0.6 is 0 Å². The fourth-order valence-electron chi connectivity index (χ4n) is 2.38. The maximum absolute atomic E-state index is 12.4. The van der Waals surface area contributed by atoms with Crippen LogP contribution in [-0.4, -0.2) is 51.1 Å². The summed E-state index contributed by atoms with van der Waals surface area (Å²) in [4.78, 5) is 14.3. The molecule has 128 valence electrons. The van der Waals surface area contributed by atoms with Gasteiger partial charge in [-0.3, -0.25) is 4.79 Å². The number of nitrogens with zero attached hydrogens (tertiary/aromatic N) is 1. The van der Waals surface area contributed by atoms with Gasteiger partial charge in [-0.05, 0) is 44.5 Å². The van der Waals surface area contributed by atoms with E-state index in [1.165, 1.54) is 12.1 Å². The van der Waals surface area contributed by atoms with E-state index < -0.39 is 10.0 Å². The third kappa shape index (κ3) is 4.53. The molecule has 23 heavy (non-hydrogen) atoms. The van der Waals surface area contributed by atoms with E-state index in [9.17, 15) is 13.2 Å². The average Bonchev–Trinajstić information content (AvgIpc) is 2.53. The zero-order chi connectivity index (χ0) is 17.0. The number of sulfonamides is 1. The first-order valence-corrected chi connectivity index (χ1v) is 9.35. The number of nitrogens with one attached hydrogen (secondary N) is 1. The summed E-state index contributed by atoms with van der Waals surface area (Å²) in [5.74, 6) is -0.0982. The smallest absolute Gasteiger partial charge is 0.254 e. The predicted octanol–water partition coefficient (Wildman–Crippen LogP) is 1.62. The fraction of sp³-hybridized carbons (Fsp3) is 0.562. The van der Waals surface area contributed by atoms with E-state index in [1.54, 1.807) is 17.0 Å². The van der Waals surface area contributed by atoms with Gasteiger partial charge in [0.2, 0.25) is 10.0 Å². The van der Waals surface area contributed by atoms with E-state index in [-0.39, 0.29) is 22.9 Å². The molecule has 1 aliphatic rings. The van der Waals surface area contributed by atoms with Gasteiger partial charge in [-0.1, -0.05) is 6.92 Å². The van der Waals surface area contributed by atoms with Crippen molar-refractivity contribution >= 4 is 15.9 Å². The molecular weight excluding hydrogens is 316 g/mol. The summed E-state index contributed by atoms with van der Waals surface area (Å²) in [6, 6.07) is 5.95. The molecule has 0 spiro atoms. The highest BCUT2D eigenvalue weighted by atomic mass is 32.2. The Morgan fingerprint density at radius 2 is 2.04 bits per heavy atom. The molecule has 0 saturated carbocycles. The minimum absolute atomic E-state index is 0.0204. The van der Waals surface area contributed by atoms with Crippen molar-refractivity contribution in [3.05, 3.63) is 29.8 Å². The van der Waals surface area contributed by atoms with Gasteiger partial charge in [0.15, 0.2) is 0 Å². The number of rotatable bonds is 5. The highest BCUT2D eigenvalue weighted by Crippen LogP contribution is 2.15. The summed E-state index contributed by atoms with van der Waals surface area (Å²) in [5.41, 5.74) is 0.488. The summed E-state index contributed by atoms with van der Waals surface area (Å²) < 4.78 is 32.4. The van der Waals surface area contributed by atoms with Gasteiger partial charge in [0.1, 0.15) is 0 Å². The highest BCUT2D eigenvalue weighted by Gasteiger charge is 2.23. The lowest BCUT2D eigenvalue weighted by molar-refractivity contribution is -0.0124. The molecule has 0 aromatic heterocycles. The minimum atomic E-state index is -3.54. The quantitative estimate of drug-likeness (QED) is 0.884. The van der Waals surface area contributed by atoms with Gasteiger partial charge in [-0.2, -0.15) is 0 Å². The summed E-state index contributed by atoms with van der Waals surface area (Å²) in [6.45, 7) is 7.29.